The van der Waals surface area contributed by atoms with Gasteiger partial charge in [0, 0.05) is 6.04 Å². The molecule has 0 aliphatic heterocycles. The van der Waals surface area contributed by atoms with Crippen LogP contribution in [-0.4, -0.2) is 23.9 Å². The maximum atomic E-state index is 13.6. The van der Waals surface area contributed by atoms with Crippen molar-refractivity contribution in [3.8, 4) is 0 Å². The number of rotatable bonds is 6. The van der Waals surface area contributed by atoms with E-state index < -0.39 is 17.8 Å². The van der Waals surface area contributed by atoms with Crippen molar-refractivity contribution in [3.05, 3.63) is 35.6 Å². The third-order valence-electron chi connectivity index (χ3n) is 3.72. The van der Waals surface area contributed by atoms with E-state index in [2.05, 4.69) is 10.6 Å². The summed E-state index contributed by atoms with van der Waals surface area (Å²) < 4.78 is 13.6. The molecule has 2 atom stereocenters. The number of halogens is 1. The zero-order valence-electron chi connectivity index (χ0n) is 13.8. The van der Waals surface area contributed by atoms with Gasteiger partial charge in [-0.25, -0.2) is 4.39 Å². The van der Waals surface area contributed by atoms with Gasteiger partial charge in [0.25, 0.3) is 5.91 Å². The van der Waals surface area contributed by atoms with Gasteiger partial charge in [0.1, 0.15) is 11.9 Å². The molecule has 0 aliphatic carbocycles. The summed E-state index contributed by atoms with van der Waals surface area (Å²) in [6.45, 7) is 9.61. The molecule has 0 bridgehead atoms. The number of hydrogen-bond donors (Lipinski definition) is 2. The fourth-order valence-corrected chi connectivity index (χ4v) is 1.88. The van der Waals surface area contributed by atoms with Crippen molar-refractivity contribution in [2.24, 2.45) is 11.8 Å². The van der Waals surface area contributed by atoms with Crippen LogP contribution < -0.4 is 10.6 Å². The van der Waals surface area contributed by atoms with Crippen LogP contribution in [-0.2, 0) is 4.79 Å². The lowest BCUT2D eigenvalue weighted by atomic mass is 10.0. The average Bonchev–Trinajstić information content (AvgIpc) is 2.44. The summed E-state index contributed by atoms with van der Waals surface area (Å²) >= 11 is 0. The minimum Gasteiger partial charge on any atom is -0.352 e. The number of benzene rings is 1. The van der Waals surface area contributed by atoms with Gasteiger partial charge in [-0.1, -0.05) is 39.8 Å². The van der Waals surface area contributed by atoms with Crippen molar-refractivity contribution in [3.63, 3.8) is 0 Å². The van der Waals surface area contributed by atoms with Gasteiger partial charge >= 0.3 is 0 Å². The van der Waals surface area contributed by atoms with Crippen LogP contribution in [0.3, 0.4) is 0 Å². The maximum Gasteiger partial charge on any atom is 0.254 e. The lowest BCUT2D eigenvalue weighted by Gasteiger charge is -2.25. The molecule has 0 spiro atoms. The minimum atomic E-state index is -0.701. The first-order valence-corrected chi connectivity index (χ1v) is 7.59. The summed E-state index contributed by atoms with van der Waals surface area (Å²) in [5.41, 5.74) is -0.0575. The molecule has 0 saturated carbocycles. The van der Waals surface area contributed by atoms with Gasteiger partial charge in [-0.3, -0.25) is 9.59 Å². The monoisotopic (exact) mass is 308 g/mol. The second-order valence-corrected chi connectivity index (χ2v) is 6.22. The van der Waals surface area contributed by atoms with Crippen molar-refractivity contribution in [1.29, 1.82) is 0 Å². The van der Waals surface area contributed by atoms with Crippen molar-refractivity contribution in [1.82, 2.24) is 10.6 Å². The second kappa shape index (κ2) is 7.92. The molecular weight excluding hydrogens is 283 g/mol. The fraction of sp³-hybridized carbons (Fsp3) is 0.529. The van der Waals surface area contributed by atoms with Gasteiger partial charge in [0.15, 0.2) is 0 Å². The molecule has 0 aliphatic rings. The van der Waals surface area contributed by atoms with Crippen molar-refractivity contribution >= 4 is 11.8 Å². The van der Waals surface area contributed by atoms with Crippen LogP contribution >= 0.6 is 0 Å². The van der Waals surface area contributed by atoms with Gasteiger partial charge in [0.05, 0.1) is 5.56 Å². The highest BCUT2D eigenvalue weighted by Crippen LogP contribution is 2.10. The maximum absolute atomic E-state index is 13.6. The molecule has 2 N–H and O–H groups in total. The Morgan fingerprint density at radius 2 is 1.55 bits per heavy atom. The lowest BCUT2D eigenvalue weighted by molar-refractivity contribution is -0.124. The Bertz CT molecular complexity index is 529. The second-order valence-electron chi connectivity index (χ2n) is 6.22. The fourth-order valence-electron chi connectivity index (χ4n) is 1.88. The number of carbonyl (C=O) groups excluding carboxylic acids is 2. The molecule has 5 heteroatoms. The van der Waals surface area contributed by atoms with Gasteiger partial charge in [0.2, 0.25) is 5.91 Å². The smallest absolute Gasteiger partial charge is 0.254 e. The molecular formula is C17H25FN2O2. The molecule has 0 unspecified atom stereocenters. The Hall–Kier alpha value is -1.91. The van der Waals surface area contributed by atoms with Crippen LogP contribution in [0.2, 0.25) is 0 Å². The molecule has 0 fully saturated rings. The standard InChI is InChI=1S/C17H25FN2O2/c1-10(2)12(5)19-17(22)15(11(3)4)20-16(21)13-8-6-7-9-14(13)18/h6-12,15H,1-5H3,(H,19,22)(H,20,21)/t12-,15-/m0/s1. The predicted octanol–water partition coefficient (Wildman–Crippen LogP) is 2.74. The van der Waals surface area contributed by atoms with E-state index in [4.69, 9.17) is 0 Å². The first-order valence-electron chi connectivity index (χ1n) is 7.59. The Labute approximate surface area is 131 Å². The lowest BCUT2D eigenvalue weighted by Crippen LogP contribution is -2.52. The third kappa shape index (κ3) is 4.83. The summed E-state index contributed by atoms with van der Waals surface area (Å²) in [5, 5.41) is 5.51. The molecule has 1 aromatic rings. The highest BCUT2D eigenvalue weighted by atomic mass is 19.1. The van der Waals surface area contributed by atoms with Crippen LogP contribution in [0.1, 0.15) is 45.0 Å². The third-order valence-corrected chi connectivity index (χ3v) is 3.72. The Morgan fingerprint density at radius 1 is 0.955 bits per heavy atom. The van der Waals surface area contributed by atoms with Crippen molar-refractivity contribution in [2.75, 3.05) is 0 Å². The Morgan fingerprint density at radius 3 is 2.05 bits per heavy atom. The summed E-state index contributed by atoms with van der Waals surface area (Å²) in [5.74, 6) is -1.24. The van der Waals surface area contributed by atoms with E-state index in [0.29, 0.717) is 5.92 Å². The SMILES string of the molecule is CC(C)[C@H](C)NC(=O)[C@@H](NC(=O)c1ccccc1F)C(C)C. The van der Waals surface area contributed by atoms with Crippen LogP contribution in [0, 0.1) is 17.7 Å². The first-order chi connectivity index (χ1) is 10.2. The molecule has 0 saturated heterocycles. The van der Waals surface area contributed by atoms with Gasteiger partial charge < -0.3 is 10.6 Å². The average molecular weight is 308 g/mol. The summed E-state index contributed by atoms with van der Waals surface area (Å²) in [6.07, 6.45) is 0. The van der Waals surface area contributed by atoms with Crippen LogP contribution in [0.5, 0.6) is 0 Å². The van der Waals surface area contributed by atoms with E-state index in [1.165, 1.54) is 18.2 Å². The number of nitrogens with one attached hydrogen (secondary N) is 2. The Kier molecular flexibility index (Phi) is 6.53. The first kappa shape index (κ1) is 18.1. The number of hydrogen-bond acceptors (Lipinski definition) is 2. The van der Waals surface area contributed by atoms with E-state index in [9.17, 15) is 14.0 Å². The summed E-state index contributed by atoms with van der Waals surface area (Å²) in [4.78, 5) is 24.5. The molecule has 22 heavy (non-hydrogen) atoms. The topological polar surface area (TPSA) is 58.2 Å². The van der Waals surface area contributed by atoms with Crippen LogP contribution in [0.25, 0.3) is 0 Å². The number of carbonyl (C=O) groups is 2. The predicted molar refractivity (Wildman–Crippen MR) is 84.9 cm³/mol. The molecule has 1 rings (SSSR count). The molecule has 0 aromatic heterocycles. The van der Waals surface area contributed by atoms with Crippen molar-refractivity contribution < 1.29 is 14.0 Å². The van der Waals surface area contributed by atoms with Crippen LogP contribution in [0.15, 0.2) is 24.3 Å². The van der Waals surface area contributed by atoms with E-state index in [1.807, 2.05) is 34.6 Å². The van der Waals surface area contributed by atoms with E-state index in [-0.39, 0.29) is 23.4 Å². The van der Waals surface area contributed by atoms with Crippen LogP contribution in [0.4, 0.5) is 4.39 Å². The van der Waals surface area contributed by atoms with Gasteiger partial charge in [-0.05, 0) is 30.9 Å². The Balaban J connectivity index is 2.82. The highest BCUT2D eigenvalue weighted by molar-refractivity contribution is 5.97. The molecule has 0 heterocycles. The van der Waals surface area contributed by atoms with Gasteiger partial charge in [-0.15, -0.1) is 0 Å². The number of amides is 2. The molecule has 4 nitrogen and oxygen atoms in total. The van der Waals surface area contributed by atoms with Gasteiger partial charge in [-0.2, -0.15) is 0 Å². The highest BCUT2D eigenvalue weighted by Gasteiger charge is 2.26. The van der Waals surface area contributed by atoms with Crippen molar-refractivity contribution in [2.45, 2.75) is 46.7 Å². The molecule has 1 aromatic carbocycles. The summed E-state index contributed by atoms with van der Waals surface area (Å²) in [6, 6.07) is 5.02. The largest absolute Gasteiger partial charge is 0.352 e. The quantitative estimate of drug-likeness (QED) is 0.849. The summed E-state index contributed by atoms with van der Waals surface area (Å²) in [7, 11) is 0. The van der Waals surface area contributed by atoms with E-state index in [1.54, 1.807) is 6.07 Å². The van der Waals surface area contributed by atoms with E-state index in [0.717, 1.165) is 0 Å². The molecule has 2 amide bonds. The zero-order chi connectivity index (χ0) is 16.9. The zero-order valence-corrected chi connectivity index (χ0v) is 13.8. The van der Waals surface area contributed by atoms with E-state index >= 15 is 0 Å². The minimum absolute atomic E-state index is 0.000821. The molecule has 0 radical (unpaired) electrons. The molecule has 122 valence electrons. The normalized spacial score (nSPS) is 13.8.